The molecule has 5 atom stereocenters. The monoisotopic (exact) mass is 508 g/mol. The molecule has 2 rings (SSSR count). The summed E-state index contributed by atoms with van der Waals surface area (Å²) in [5.74, 6) is -1.50. The van der Waals surface area contributed by atoms with Crippen LogP contribution in [0, 0.1) is 22.7 Å². The Bertz CT molecular complexity index is 848. The van der Waals surface area contributed by atoms with Crippen LogP contribution in [0.3, 0.4) is 0 Å². The summed E-state index contributed by atoms with van der Waals surface area (Å²) in [6.07, 6.45) is 1.16. The van der Waals surface area contributed by atoms with Gasteiger partial charge in [-0.15, -0.1) is 4.39 Å². The van der Waals surface area contributed by atoms with E-state index in [1.807, 2.05) is 0 Å². The second kappa shape index (κ2) is 13.0. The van der Waals surface area contributed by atoms with Crippen LogP contribution in [0.25, 0.3) is 0 Å². The number of hydrogen-bond acceptors (Lipinski definition) is 6. The number of nitrogens with one attached hydrogen (secondary N) is 3. The van der Waals surface area contributed by atoms with Crippen LogP contribution in [0.2, 0.25) is 0 Å². The van der Waals surface area contributed by atoms with Gasteiger partial charge in [0, 0.05) is 25.0 Å². The van der Waals surface area contributed by atoms with Crippen LogP contribution in [0.15, 0.2) is 0 Å². The number of hydrogen-bond donors (Lipinski definition) is 3. The van der Waals surface area contributed by atoms with Crippen molar-refractivity contribution in [3.05, 3.63) is 0 Å². The molecule has 0 bridgehead atoms. The van der Waals surface area contributed by atoms with Crippen molar-refractivity contribution in [3.63, 3.8) is 0 Å². The third-order valence-electron chi connectivity index (χ3n) is 6.93. The SMILES string of the molecule is CCCN(CCC)[C@@H]1C[C@@H](C(=O)NC(C#N)C[C@@H]2CCNC2=O)N(C(=O)[C@@H](NC(=O)F)C(C)(C)C)C1. The summed E-state index contributed by atoms with van der Waals surface area (Å²) in [6.45, 7) is 11.7. The zero-order valence-corrected chi connectivity index (χ0v) is 22.1. The number of likely N-dealkylation sites (tertiary alicyclic amines) is 1. The maximum absolute atomic E-state index is 13.6. The predicted octanol–water partition coefficient (Wildman–Crippen LogP) is 1.71. The van der Waals surface area contributed by atoms with E-state index in [4.69, 9.17) is 0 Å². The normalized spacial score (nSPS) is 23.7. The van der Waals surface area contributed by atoms with Crippen molar-refractivity contribution in [2.45, 2.75) is 90.9 Å². The lowest BCUT2D eigenvalue weighted by Crippen LogP contribution is -2.57. The average molecular weight is 509 g/mol. The Labute approximate surface area is 213 Å². The number of amides is 4. The Balaban J connectivity index is 2.29. The van der Waals surface area contributed by atoms with Crippen LogP contribution in [0.4, 0.5) is 9.18 Å². The fourth-order valence-corrected chi connectivity index (χ4v) is 5.12. The molecule has 11 heteroatoms. The van der Waals surface area contributed by atoms with Gasteiger partial charge in [-0.05, 0) is 50.6 Å². The third-order valence-corrected chi connectivity index (χ3v) is 6.93. The Morgan fingerprint density at radius 2 is 1.86 bits per heavy atom. The molecule has 0 radical (unpaired) electrons. The van der Waals surface area contributed by atoms with Gasteiger partial charge >= 0.3 is 6.16 Å². The molecule has 36 heavy (non-hydrogen) atoms. The minimum Gasteiger partial charge on any atom is -0.356 e. The van der Waals surface area contributed by atoms with E-state index in [2.05, 4.69) is 40.8 Å². The Morgan fingerprint density at radius 3 is 2.33 bits per heavy atom. The maximum atomic E-state index is 13.6. The van der Waals surface area contributed by atoms with Crippen molar-refractivity contribution in [2.24, 2.45) is 11.3 Å². The standard InChI is InChI=1S/C25H41FN6O4/c1-6-10-31(11-7-2)18-13-19(22(34)29-17(14-27)12-16-8-9-28-21(16)33)32(15-18)23(35)20(25(3,4)5)30-24(26)36/h16-20H,6-13,15H2,1-5H3,(H,28,33)(H,29,34)(H,30,36)/t16-,17?,18+,19-,20+/m0/s1. The molecular weight excluding hydrogens is 467 g/mol. The summed E-state index contributed by atoms with van der Waals surface area (Å²) in [5.41, 5.74) is -0.796. The molecule has 2 aliphatic heterocycles. The third kappa shape index (κ3) is 7.63. The average Bonchev–Trinajstić information content (AvgIpc) is 3.42. The van der Waals surface area contributed by atoms with Crippen LogP contribution in [0.5, 0.6) is 0 Å². The van der Waals surface area contributed by atoms with Gasteiger partial charge in [0.25, 0.3) is 0 Å². The van der Waals surface area contributed by atoms with Crippen LogP contribution in [-0.4, -0.2) is 84.0 Å². The molecule has 0 saturated carbocycles. The Kier molecular flexibility index (Phi) is 10.6. The molecule has 4 amide bonds. The first-order chi connectivity index (χ1) is 16.9. The van der Waals surface area contributed by atoms with E-state index in [9.17, 15) is 28.8 Å². The zero-order valence-electron chi connectivity index (χ0n) is 22.1. The van der Waals surface area contributed by atoms with E-state index in [-0.39, 0.29) is 30.8 Å². The van der Waals surface area contributed by atoms with E-state index in [1.165, 1.54) is 4.90 Å². The number of rotatable bonds is 11. The number of halogens is 1. The van der Waals surface area contributed by atoms with Gasteiger partial charge in [0.15, 0.2) is 0 Å². The molecule has 1 unspecified atom stereocenters. The van der Waals surface area contributed by atoms with Gasteiger partial charge in [-0.2, -0.15) is 5.26 Å². The summed E-state index contributed by atoms with van der Waals surface area (Å²) in [7, 11) is 0. The van der Waals surface area contributed by atoms with Crippen molar-refractivity contribution in [1.29, 1.82) is 5.26 Å². The molecule has 0 spiro atoms. The van der Waals surface area contributed by atoms with E-state index in [0.717, 1.165) is 25.9 Å². The minimum atomic E-state index is -1.81. The summed E-state index contributed by atoms with van der Waals surface area (Å²) < 4.78 is 13.4. The van der Waals surface area contributed by atoms with Gasteiger partial charge in [0.2, 0.25) is 17.7 Å². The van der Waals surface area contributed by atoms with Crippen molar-refractivity contribution in [3.8, 4) is 6.07 Å². The first-order valence-electron chi connectivity index (χ1n) is 12.9. The van der Waals surface area contributed by atoms with Crippen molar-refractivity contribution >= 4 is 23.9 Å². The zero-order chi connectivity index (χ0) is 27.0. The quantitative estimate of drug-likeness (QED) is 0.287. The lowest BCUT2D eigenvalue weighted by atomic mass is 9.85. The summed E-state index contributed by atoms with van der Waals surface area (Å²) in [4.78, 5) is 53.9. The summed E-state index contributed by atoms with van der Waals surface area (Å²) >= 11 is 0. The topological polar surface area (TPSA) is 135 Å². The number of carbonyl (C=O) groups is 4. The van der Waals surface area contributed by atoms with Crippen LogP contribution < -0.4 is 16.0 Å². The van der Waals surface area contributed by atoms with Gasteiger partial charge in [-0.25, -0.2) is 4.79 Å². The van der Waals surface area contributed by atoms with E-state index in [0.29, 0.717) is 19.4 Å². The summed E-state index contributed by atoms with van der Waals surface area (Å²) in [5, 5.41) is 17.2. The van der Waals surface area contributed by atoms with Crippen molar-refractivity contribution in [1.82, 2.24) is 25.8 Å². The predicted molar refractivity (Wildman–Crippen MR) is 132 cm³/mol. The molecule has 202 valence electrons. The second-order valence-electron chi connectivity index (χ2n) is 10.9. The van der Waals surface area contributed by atoms with Crippen LogP contribution >= 0.6 is 0 Å². The van der Waals surface area contributed by atoms with Crippen molar-refractivity contribution < 1.29 is 23.6 Å². The largest absolute Gasteiger partial charge is 0.398 e. The van der Waals surface area contributed by atoms with Crippen LogP contribution in [-0.2, 0) is 14.4 Å². The lowest BCUT2D eigenvalue weighted by Gasteiger charge is -2.35. The highest BCUT2D eigenvalue weighted by Gasteiger charge is 2.46. The molecule has 2 heterocycles. The van der Waals surface area contributed by atoms with Crippen LogP contribution in [0.1, 0.15) is 66.7 Å². The Hall–Kier alpha value is -2.74. The Morgan fingerprint density at radius 1 is 1.22 bits per heavy atom. The molecule has 10 nitrogen and oxygen atoms in total. The molecule has 3 N–H and O–H groups in total. The highest BCUT2D eigenvalue weighted by molar-refractivity contribution is 5.92. The van der Waals surface area contributed by atoms with E-state index >= 15 is 0 Å². The molecule has 0 aromatic heterocycles. The van der Waals surface area contributed by atoms with E-state index in [1.54, 1.807) is 20.8 Å². The molecule has 0 aromatic rings. The second-order valence-corrected chi connectivity index (χ2v) is 10.9. The van der Waals surface area contributed by atoms with Gasteiger partial charge in [0.05, 0.1) is 6.07 Å². The first-order valence-corrected chi connectivity index (χ1v) is 12.9. The molecule has 2 aliphatic rings. The molecular formula is C25H41FN6O4. The fraction of sp³-hybridized carbons (Fsp3) is 0.800. The van der Waals surface area contributed by atoms with Gasteiger partial charge in [0.1, 0.15) is 18.1 Å². The fourth-order valence-electron chi connectivity index (χ4n) is 5.12. The molecule has 2 fully saturated rings. The van der Waals surface area contributed by atoms with Gasteiger partial charge in [-0.3, -0.25) is 19.3 Å². The minimum absolute atomic E-state index is 0.0903. The smallest absolute Gasteiger partial charge is 0.356 e. The highest BCUT2D eigenvalue weighted by Crippen LogP contribution is 2.29. The number of nitriles is 1. The van der Waals surface area contributed by atoms with E-state index < -0.39 is 41.5 Å². The number of carbonyl (C=O) groups excluding carboxylic acids is 4. The first kappa shape index (κ1) is 29.5. The molecule has 0 aromatic carbocycles. The molecule has 0 aliphatic carbocycles. The summed E-state index contributed by atoms with van der Waals surface area (Å²) in [6, 6.07) is -0.952. The maximum Gasteiger partial charge on any atom is 0.398 e. The number of nitrogens with zero attached hydrogens (tertiary/aromatic N) is 3. The van der Waals surface area contributed by atoms with Crippen molar-refractivity contribution in [2.75, 3.05) is 26.2 Å². The lowest BCUT2D eigenvalue weighted by molar-refractivity contribution is -0.142. The highest BCUT2D eigenvalue weighted by atomic mass is 19.1. The van der Waals surface area contributed by atoms with Gasteiger partial charge in [-0.1, -0.05) is 34.6 Å². The van der Waals surface area contributed by atoms with Gasteiger partial charge < -0.3 is 20.9 Å². The molecule has 2 saturated heterocycles.